The molecule has 0 radical (unpaired) electrons. The number of halogens is 1. The molecule has 1 aliphatic rings. The Morgan fingerprint density at radius 3 is 3.00 bits per heavy atom. The van der Waals surface area contributed by atoms with Crippen LogP contribution in [0.4, 0.5) is 4.39 Å². The van der Waals surface area contributed by atoms with Gasteiger partial charge in [-0.3, -0.25) is 4.79 Å². The van der Waals surface area contributed by atoms with Gasteiger partial charge in [0.15, 0.2) is 0 Å². The van der Waals surface area contributed by atoms with Crippen molar-refractivity contribution in [1.82, 2.24) is 14.5 Å². The zero-order valence-electron chi connectivity index (χ0n) is 11.3. The zero-order valence-corrected chi connectivity index (χ0v) is 11.3. The van der Waals surface area contributed by atoms with Crippen LogP contribution in [-0.2, 0) is 31.2 Å². The Hall–Kier alpha value is -2.17. The standard InChI is InChI=1S/C15H16FN3O/c1-18-10-17-13-6-7-19(9-14(13)18)15(20)8-11-4-2-3-5-12(11)16/h2-5,10H,6-9H2,1H3. The minimum absolute atomic E-state index is 0.0399. The average Bonchev–Trinajstić information content (AvgIpc) is 2.82. The lowest BCUT2D eigenvalue weighted by molar-refractivity contribution is -0.131. The second-order valence-corrected chi connectivity index (χ2v) is 5.08. The molecule has 0 fully saturated rings. The van der Waals surface area contributed by atoms with Crippen LogP contribution in [0.25, 0.3) is 0 Å². The van der Waals surface area contributed by atoms with E-state index in [9.17, 15) is 9.18 Å². The second-order valence-electron chi connectivity index (χ2n) is 5.08. The molecule has 3 rings (SSSR count). The predicted octanol–water partition coefficient (Wildman–Crippen LogP) is 1.69. The van der Waals surface area contributed by atoms with E-state index in [0.717, 1.165) is 17.8 Å². The van der Waals surface area contributed by atoms with Gasteiger partial charge in [0.1, 0.15) is 5.82 Å². The molecular weight excluding hydrogens is 257 g/mol. The van der Waals surface area contributed by atoms with Gasteiger partial charge in [0.25, 0.3) is 0 Å². The maximum atomic E-state index is 13.6. The third kappa shape index (κ3) is 2.31. The number of nitrogens with zero attached hydrogens (tertiary/aromatic N) is 3. The third-order valence-corrected chi connectivity index (χ3v) is 3.76. The minimum Gasteiger partial charge on any atom is -0.336 e. The van der Waals surface area contributed by atoms with Crippen LogP contribution in [0.3, 0.4) is 0 Å². The lowest BCUT2D eigenvalue weighted by Crippen LogP contribution is -2.37. The largest absolute Gasteiger partial charge is 0.336 e. The van der Waals surface area contributed by atoms with Crippen LogP contribution < -0.4 is 0 Å². The van der Waals surface area contributed by atoms with Crippen molar-refractivity contribution in [1.29, 1.82) is 0 Å². The topological polar surface area (TPSA) is 38.1 Å². The van der Waals surface area contributed by atoms with Crippen molar-refractivity contribution < 1.29 is 9.18 Å². The van der Waals surface area contributed by atoms with E-state index in [2.05, 4.69) is 4.98 Å². The summed E-state index contributed by atoms with van der Waals surface area (Å²) in [5.74, 6) is -0.360. The molecule has 0 spiro atoms. The first-order valence-electron chi connectivity index (χ1n) is 6.65. The maximum Gasteiger partial charge on any atom is 0.227 e. The lowest BCUT2D eigenvalue weighted by atomic mass is 10.1. The van der Waals surface area contributed by atoms with Gasteiger partial charge in [-0.05, 0) is 11.6 Å². The Morgan fingerprint density at radius 2 is 2.20 bits per heavy atom. The van der Waals surface area contributed by atoms with Gasteiger partial charge >= 0.3 is 0 Å². The molecule has 1 aromatic carbocycles. The van der Waals surface area contributed by atoms with Gasteiger partial charge in [-0.2, -0.15) is 0 Å². The van der Waals surface area contributed by atoms with Gasteiger partial charge in [-0.1, -0.05) is 18.2 Å². The van der Waals surface area contributed by atoms with Gasteiger partial charge in [-0.25, -0.2) is 9.37 Å². The maximum absolute atomic E-state index is 13.6. The molecule has 2 heterocycles. The molecule has 1 aliphatic heterocycles. The third-order valence-electron chi connectivity index (χ3n) is 3.76. The van der Waals surface area contributed by atoms with Gasteiger partial charge in [0, 0.05) is 20.0 Å². The van der Waals surface area contributed by atoms with Crippen LogP contribution >= 0.6 is 0 Å². The highest BCUT2D eigenvalue weighted by Crippen LogP contribution is 2.18. The molecule has 0 atom stereocenters. The lowest BCUT2D eigenvalue weighted by Gasteiger charge is -2.27. The monoisotopic (exact) mass is 273 g/mol. The Labute approximate surface area is 116 Å². The molecule has 4 nitrogen and oxygen atoms in total. The molecule has 0 unspecified atom stereocenters. The van der Waals surface area contributed by atoms with Crippen LogP contribution in [0.1, 0.15) is 17.0 Å². The van der Waals surface area contributed by atoms with Crippen LogP contribution in [-0.4, -0.2) is 26.9 Å². The fraction of sp³-hybridized carbons (Fsp3) is 0.333. The highest BCUT2D eigenvalue weighted by molar-refractivity contribution is 5.79. The Bertz CT molecular complexity index is 650. The minimum atomic E-state index is -0.320. The van der Waals surface area contributed by atoms with E-state index in [4.69, 9.17) is 0 Å². The highest BCUT2D eigenvalue weighted by Gasteiger charge is 2.24. The molecule has 2 aromatic rings. The number of benzene rings is 1. The summed E-state index contributed by atoms with van der Waals surface area (Å²) in [5.41, 5.74) is 2.58. The molecule has 1 amide bonds. The summed E-state index contributed by atoms with van der Waals surface area (Å²) in [5, 5.41) is 0. The van der Waals surface area contributed by atoms with E-state index in [-0.39, 0.29) is 18.1 Å². The SMILES string of the molecule is Cn1cnc2c1CN(C(=O)Cc1ccccc1F)CC2. The Morgan fingerprint density at radius 1 is 1.40 bits per heavy atom. The highest BCUT2D eigenvalue weighted by atomic mass is 19.1. The van der Waals surface area contributed by atoms with Crippen molar-refractivity contribution in [2.75, 3.05) is 6.54 Å². The molecular formula is C15H16FN3O. The number of carbonyl (C=O) groups is 1. The average molecular weight is 273 g/mol. The van der Waals surface area contributed by atoms with Crippen molar-refractivity contribution in [3.63, 3.8) is 0 Å². The van der Waals surface area contributed by atoms with Crippen molar-refractivity contribution in [3.05, 3.63) is 53.4 Å². The number of rotatable bonds is 2. The second kappa shape index (κ2) is 5.07. The van der Waals surface area contributed by atoms with E-state index >= 15 is 0 Å². The number of hydrogen-bond acceptors (Lipinski definition) is 2. The van der Waals surface area contributed by atoms with E-state index in [1.54, 1.807) is 29.4 Å². The molecule has 5 heteroatoms. The first-order chi connectivity index (χ1) is 9.65. The number of imidazole rings is 1. The number of carbonyl (C=O) groups excluding carboxylic acids is 1. The fourth-order valence-corrected chi connectivity index (χ4v) is 2.55. The normalized spacial score (nSPS) is 14.2. The van der Waals surface area contributed by atoms with Crippen molar-refractivity contribution >= 4 is 5.91 Å². The first-order valence-corrected chi connectivity index (χ1v) is 6.65. The number of hydrogen-bond donors (Lipinski definition) is 0. The van der Waals surface area contributed by atoms with Crippen molar-refractivity contribution in [3.8, 4) is 0 Å². The summed E-state index contributed by atoms with van der Waals surface area (Å²) in [4.78, 5) is 18.4. The van der Waals surface area contributed by atoms with Crippen LogP contribution in [0.2, 0.25) is 0 Å². The van der Waals surface area contributed by atoms with Gasteiger partial charge < -0.3 is 9.47 Å². The van der Waals surface area contributed by atoms with Gasteiger partial charge in [0.2, 0.25) is 5.91 Å². The number of amides is 1. The van der Waals surface area contributed by atoms with Gasteiger partial charge in [0.05, 0.1) is 30.7 Å². The molecule has 1 aromatic heterocycles. The summed E-state index contributed by atoms with van der Waals surface area (Å²) in [6, 6.07) is 6.43. The summed E-state index contributed by atoms with van der Waals surface area (Å²) in [6.07, 6.45) is 2.65. The predicted molar refractivity (Wildman–Crippen MR) is 72.4 cm³/mol. The molecule has 0 saturated heterocycles. The summed E-state index contributed by atoms with van der Waals surface area (Å²) < 4.78 is 15.5. The van der Waals surface area contributed by atoms with Crippen LogP contribution in [0.15, 0.2) is 30.6 Å². The Balaban J connectivity index is 1.73. The zero-order chi connectivity index (χ0) is 14.1. The molecule has 20 heavy (non-hydrogen) atoms. The first kappa shape index (κ1) is 12.8. The van der Waals surface area contributed by atoms with Crippen LogP contribution in [0, 0.1) is 5.82 Å². The van der Waals surface area contributed by atoms with Crippen molar-refractivity contribution in [2.24, 2.45) is 7.05 Å². The van der Waals surface area contributed by atoms with Crippen LogP contribution in [0.5, 0.6) is 0 Å². The molecule has 0 aliphatic carbocycles. The number of fused-ring (bicyclic) bond motifs is 1. The van der Waals surface area contributed by atoms with E-state index in [1.807, 2.05) is 11.6 Å². The fourth-order valence-electron chi connectivity index (χ4n) is 2.55. The number of aryl methyl sites for hydroxylation is 1. The van der Waals surface area contributed by atoms with E-state index in [1.165, 1.54) is 6.07 Å². The molecule has 104 valence electrons. The Kier molecular flexibility index (Phi) is 3.26. The molecule has 0 bridgehead atoms. The number of aromatic nitrogens is 2. The summed E-state index contributed by atoms with van der Waals surface area (Å²) in [6.45, 7) is 1.20. The van der Waals surface area contributed by atoms with Gasteiger partial charge in [-0.15, -0.1) is 0 Å². The van der Waals surface area contributed by atoms with E-state index in [0.29, 0.717) is 18.7 Å². The van der Waals surface area contributed by atoms with E-state index < -0.39 is 0 Å². The summed E-state index contributed by atoms with van der Waals surface area (Å²) in [7, 11) is 1.93. The molecule has 0 saturated carbocycles. The quantitative estimate of drug-likeness (QED) is 0.835. The van der Waals surface area contributed by atoms with Crippen molar-refractivity contribution in [2.45, 2.75) is 19.4 Å². The summed E-state index contributed by atoms with van der Waals surface area (Å²) >= 11 is 0. The molecule has 0 N–H and O–H groups in total. The smallest absolute Gasteiger partial charge is 0.227 e.